The monoisotopic (exact) mass is 317 g/mol. The summed E-state index contributed by atoms with van der Waals surface area (Å²) in [6, 6.07) is 0. The molecule has 1 rings (SSSR count). The third-order valence-electron chi connectivity index (χ3n) is 2.14. The summed E-state index contributed by atoms with van der Waals surface area (Å²) >= 11 is 4.38. The van der Waals surface area contributed by atoms with Crippen molar-refractivity contribution in [2.75, 3.05) is 0 Å². The fourth-order valence-electron chi connectivity index (χ4n) is 1.33. The van der Waals surface area contributed by atoms with E-state index in [-0.39, 0.29) is 12.8 Å². The molecule has 0 amide bonds. The van der Waals surface area contributed by atoms with Crippen LogP contribution in [0, 0.1) is 0 Å². The number of rotatable bonds is 4. The van der Waals surface area contributed by atoms with Crippen LogP contribution in [0.1, 0.15) is 31.1 Å². The molecular weight excluding hydrogens is 307 g/mol. The largest absolute Gasteiger partial charge is 0.389 e. The van der Waals surface area contributed by atoms with Gasteiger partial charge in [-0.2, -0.15) is 13.2 Å². The highest BCUT2D eigenvalue weighted by atomic mass is 79.9. The molecule has 92 valence electrons. The lowest BCUT2D eigenvalue weighted by atomic mass is 9.98. The molecule has 0 aliphatic heterocycles. The van der Waals surface area contributed by atoms with Gasteiger partial charge in [0.25, 0.3) is 0 Å². The molecule has 1 N–H and O–H groups in total. The van der Waals surface area contributed by atoms with Crippen LogP contribution < -0.4 is 0 Å². The SMILES string of the molecule is CC(O)(CCCC(F)(F)F)c1scnc1Br. The molecule has 1 aromatic heterocycles. The van der Waals surface area contributed by atoms with Crippen LogP contribution in [0.3, 0.4) is 0 Å². The van der Waals surface area contributed by atoms with Crippen LogP contribution in [0.2, 0.25) is 0 Å². The maximum Gasteiger partial charge on any atom is 0.389 e. The van der Waals surface area contributed by atoms with Crippen LogP contribution in [0.25, 0.3) is 0 Å². The Kier molecular flexibility index (Phi) is 4.36. The average molecular weight is 318 g/mol. The predicted molar refractivity (Wildman–Crippen MR) is 59.3 cm³/mol. The summed E-state index contributed by atoms with van der Waals surface area (Å²) in [6.45, 7) is 1.50. The molecule has 0 bridgehead atoms. The molecular formula is C9H11BrF3NOS. The third kappa shape index (κ3) is 4.03. The zero-order valence-corrected chi connectivity index (χ0v) is 10.9. The van der Waals surface area contributed by atoms with Crippen molar-refractivity contribution in [3.8, 4) is 0 Å². The molecule has 1 aromatic rings. The maximum atomic E-state index is 12.0. The minimum atomic E-state index is -4.17. The number of hydrogen-bond acceptors (Lipinski definition) is 3. The summed E-state index contributed by atoms with van der Waals surface area (Å²) < 4.78 is 36.4. The number of nitrogens with zero attached hydrogens (tertiary/aromatic N) is 1. The van der Waals surface area contributed by atoms with E-state index in [0.717, 1.165) is 0 Å². The lowest BCUT2D eigenvalue weighted by Gasteiger charge is -2.22. The molecule has 7 heteroatoms. The van der Waals surface area contributed by atoms with Crippen LogP contribution in [-0.4, -0.2) is 16.3 Å². The molecule has 0 aliphatic rings. The molecule has 0 aliphatic carbocycles. The minimum absolute atomic E-state index is 0.0628. The topological polar surface area (TPSA) is 33.1 Å². The second kappa shape index (κ2) is 5.01. The van der Waals surface area contributed by atoms with Gasteiger partial charge in [-0.25, -0.2) is 4.98 Å². The Morgan fingerprint density at radius 3 is 2.50 bits per heavy atom. The van der Waals surface area contributed by atoms with Gasteiger partial charge in [-0.1, -0.05) is 0 Å². The number of alkyl halides is 3. The van der Waals surface area contributed by atoms with Crippen molar-refractivity contribution in [1.82, 2.24) is 4.98 Å². The molecule has 2 nitrogen and oxygen atoms in total. The number of aliphatic hydroxyl groups is 1. The highest BCUT2D eigenvalue weighted by molar-refractivity contribution is 9.10. The van der Waals surface area contributed by atoms with Crippen LogP contribution >= 0.6 is 27.3 Å². The van der Waals surface area contributed by atoms with E-state index in [9.17, 15) is 18.3 Å². The van der Waals surface area contributed by atoms with Gasteiger partial charge >= 0.3 is 6.18 Å². The van der Waals surface area contributed by atoms with E-state index in [4.69, 9.17) is 0 Å². The quantitative estimate of drug-likeness (QED) is 0.915. The highest BCUT2D eigenvalue weighted by Crippen LogP contribution is 2.36. The summed E-state index contributed by atoms with van der Waals surface area (Å²) in [7, 11) is 0. The third-order valence-corrected chi connectivity index (χ3v) is 4.08. The summed E-state index contributed by atoms with van der Waals surface area (Å²) in [5, 5.41) is 10.0. The van der Waals surface area contributed by atoms with Gasteiger partial charge in [-0.05, 0) is 35.7 Å². The lowest BCUT2D eigenvalue weighted by Crippen LogP contribution is -2.21. The first-order valence-corrected chi connectivity index (χ1v) is 6.28. The van der Waals surface area contributed by atoms with Crippen molar-refractivity contribution >= 4 is 27.3 Å². The van der Waals surface area contributed by atoms with Crippen molar-refractivity contribution in [3.05, 3.63) is 15.0 Å². The van der Waals surface area contributed by atoms with Gasteiger partial charge in [0, 0.05) is 6.42 Å². The number of thiazole rings is 1. The molecule has 0 radical (unpaired) electrons. The molecule has 1 unspecified atom stereocenters. The second-order valence-corrected chi connectivity index (χ2v) is 5.32. The van der Waals surface area contributed by atoms with Crippen molar-refractivity contribution in [3.63, 3.8) is 0 Å². The smallest absolute Gasteiger partial charge is 0.385 e. The van der Waals surface area contributed by atoms with Crippen molar-refractivity contribution in [2.24, 2.45) is 0 Å². The molecule has 16 heavy (non-hydrogen) atoms. The number of aromatic nitrogens is 1. The van der Waals surface area contributed by atoms with Crippen LogP contribution in [0.5, 0.6) is 0 Å². The standard InChI is InChI=1S/C9H11BrF3NOS/c1-8(15,3-2-4-9(11,12)13)6-7(10)14-5-16-6/h5,15H,2-4H2,1H3. The fourth-order valence-corrected chi connectivity index (χ4v) is 3.04. The van der Waals surface area contributed by atoms with Crippen LogP contribution in [0.4, 0.5) is 13.2 Å². The van der Waals surface area contributed by atoms with Crippen molar-refractivity contribution < 1.29 is 18.3 Å². The molecule has 0 fully saturated rings. The fraction of sp³-hybridized carbons (Fsp3) is 0.667. The molecule has 0 saturated carbocycles. The minimum Gasteiger partial charge on any atom is -0.385 e. The Hall–Kier alpha value is -0.140. The van der Waals surface area contributed by atoms with E-state index in [0.29, 0.717) is 9.48 Å². The van der Waals surface area contributed by atoms with Gasteiger partial charge in [-0.15, -0.1) is 11.3 Å². The highest BCUT2D eigenvalue weighted by Gasteiger charge is 2.31. The Balaban J connectivity index is 2.56. The van der Waals surface area contributed by atoms with Crippen molar-refractivity contribution in [1.29, 1.82) is 0 Å². The summed E-state index contributed by atoms with van der Waals surface area (Å²) in [5.41, 5.74) is 0.281. The Morgan fingerprint density at radius 1 is 1.44 bits per heavy atom. The average Bonchev–Trinajstić information content (AvgIpc) is 2.48. The van der Waals surface area contributed by atoms with Crippen LogP contribution in [0.15, 0.2) is 10.1 Å². The van der Waals surface area contributed by atoms with E-state index in [2.05, 4.69) is 20.9 Å². The van der Waals surface area contributed by atoms with E-state index in [1.165, 1.54) is 23.8 Å². The summed E-state index contributed by atoms with van der Waals surface area (Å²) in [6.07, 6.45) is -5.07. The maximum absolute atomic E-state index is 12.0. The van der Waals surface area contributed by atoms with E-state index in [1.807, 2.05) is 0 Å². The van der Waals surface area contributed by atoms with Gasteiger partial charge in [0.05, 0.1) is 16.0 Å². The van der Waals surface area contributed by atoms with Gasteiger partial charge in [0.15, 0.2) is 0 Å². The Morgan fingerprint density at radius 2 is 2.06 bits per heavy atom. The first kappa shape index (κ1) is 13.9. The van der Waals surface area contributed by atoms with Crippen LogP contribution in [-0.2, 0) is 5.60 Å². The molecule has 0 saturated heterocycles. The normalized spacial score (nSPS) is 16.1. The number of halogens is 4. The molecule has 1 heterocycles. The lowest BCUT2D eigenvalue weighted by molar-refractivity contribution is -0.137. The Bertz CT molecular complexity index is 351. The zero-order chi connectivity index (χ0) is 12.4. The summed E-state index contributed by atoms with van der Waals surface area (Å²) in [5.74, 6) is 0. The first-order valence-electron chi connectivity index (χ1n) is 4.61. The zero-order valence-electron chi connectivity index (χ0n) is 8.51. The van der Waals surface area contributed by atoms with Gasteiger partial charge in [-0.3, -0.25) is 0 Å². The second-order valence-electron chi connectivity index (χ2n) is 3.71. The molecule has 1 atom stereocenters. The molecule has 0 spiro atoms. The van der Waals surface area contributed by atoms with Gasteiger partial charge in [0.2, 0.25) is 0 Å². The predicted octanol–water partition coefficient (Wildman–Crippen LogP) is 3.85. The van der Waals surface area contributed by atoms with Gasteiger partial charge in [0.1, 0.15) is 4.60 Å². The number of hydrogen-bond donors (Lipinski definition) is 1. The van der Waals surface area contributed by atoms with Crippen molar-refractivity contribution in [2.45, 2.75) is 38.0 Å². The van der Waals surface area contributed by atoms with E-state index in [1.54, 1.807) is 0 Å². The van der Waals surface area contributed by atoms with E-state index < -0.39 is 18.2 Å². The Labute approximate surface area is 104 Å². The van der Waals surface area contributed by atoms with E-state index >= 15 is 0 Å². The van der Waals surface area contributed by atoms with Gasteiger partial charge < -0.3 is 5.11 Å². The molecule has 0 aromatic carbocycles. The summed E-state index contributed by atoms with van der Waals surface area (Å²) in [4.78, 5) is 4.46. The first-order chi connectivity index (χ1) is 7.22.